The van der Waals surface area contributed by atoms with Gasteiger partial charge in [-0.25, -0.2) is 0 Å². The first-order valence-corrected chi connectivity index (χ1v) is 25.7. The molecule has 5 saturated heterocycles. The lowest BCUT2D eigenvalue weighted by atomic mass is 9.75. The molecule has 428 valence electrons. The minimum absolute atomic E-state index is 0.0521. The SMILES string of the molecule is CO[C@H](C(=O)[C@@H](O)[C@@H](C)O)C1Cc2cc3cc(O[C@H]4C[C@@H](OC5C[C@@H](O)[C@H](O)[C@@H](C)O5)[C@H](O)[C@@H](C)O4)c(C)c(O)c3c(O)c2C(=O)[C@H]1O[C@H]1C[C@@H](O[C@H]2C[C@@H](OC3C[C@](C)(O)[C@H](O)[C@@H](C)O3)[C@H](O)[C@@H](C)O2)[C@H](O)[C@@H](O)O1. The van der Waals surface area contributed by atoms with Crippen molar-refractivity contribution in [3.8, 4) is 17.2 Å². The van der Waals surface area contributed by atoms with Crippen molar-refractivity contribution in [3.63, 3.8) is 0 Å². The zero-order valence-electron chi connectivity index (χ0n) is 43.4. The second-order valence-corrected chi connectivity index (χ2v) is 21.4. The minimum atomic E-state index is -1.99. The first-order chi connectivity index (χ1) is 35.7. The van der Waals surface area contributed by atoms with Gasteiger partial charge in [-0.15, -0.1) is 0 Å². The second-order valence-electron chi connectivity index (χ2n) is 21.4. The van der Waals surface area contributed by atoms with E-state index in [0.29, 0.717) is 0 Å². The maximum atomic E-state index is 15.0. The quantitative estimate of drug-likeness (QED) is 0.0984. The lowest BCUT2D eigenvalue weighted by Crippen LogP contribution is -2.58. The van der Waals surface area contributed by atoms with Crippen LogP contribution >= 0.6 is 0 Å². The predicted molar refractivity (Wildman–Crippen MR) is 255 cm³/mol. The van der Waals surface area contributed by atoms with E-state index in [1.807, 2.05) is 0 Å². The molecule has 0 saturated carbocycles. The van der Waals surface area contributed by atoms with E-state index in [1.54, 1.807) is 27.7 Å². The van der Waals surface area contributed by atoms with Crippen LogP contribution in [0.15, 0.2) is 12.1 Å². The van der Waals surface area contributed by atoms with Gasteiger partial charge >= 0.3 is 0 Å². The second kappa shape index (κ2) is 23.4. The number of aliphatic hydroxyl groups is 10. The molecule has 5 heterocycles. The van der Waals surface area contributed by atoms with Crippen molar-refractivity contribution in [3.05, 3.63) is 28.8 Å². The molecule has 8 rings (SSSR count). The smallest absolute Gasteiger partial charge is 0.202 e. The molecule has 3 unspecified atom stereocenters. The third-order valence-corrected chi connectivity index (χ3v) is 15.6. The number of aromatic hydroxyl groups is 2. The Hall–Kier alpha value is -3.36. The predicted octanol–water partition coefficient (Wildman–Crippen LogP) is -1.32. The number of rotatable bonds is 15. The van der Waals surface area contributed by atoms with Crippen LogP contribution in [0.4, 0.5) is 0 Å². The molecule has 5 aliphatic heterocycles. The number of aliphatic hydroxyl groups excluding tert-OH is 9. The summed E-state index contributed by atoms with van der Waals surface area (Å²) in [4.78, 5) is 28.8. The van der Waals surface area contributed by atoms with Crippen LogP contribution in [0.2, 0.25) is 0 Å². The van der Waals surface area contributed by atoms with Crippen molar-refractivity contribution in [2.45, 2.75) is 234 Å². The van der Waals surface area contributed by atoms with Crippen molar-refractivity contribution < 1.29 is 123 Å². The van der Waals surface area contributed by atoms with E-state index >= 15 is 0 Å². The minimum Gasteiger partial charge on any atom is -0.507 e. The molecule has 0 radical (unpaired) electrons. The molecular weight excluding hydrogens is 1010 g/mol. The number of ketones is 2. The molecule has 5 fully saturated rings. The number of carbonyl (C=O) groups excluding carboxylic acids is 2. The zero-order valence-corrected chi connectivity index (χ0v) is 43.4. The lowest BCUT2D eigenvalue weighted by molar-refractivity contribution is -0.351. The number of Topliss-reactive ketones (excluding diaryl/α,β-unsaturated/α-hetero) is 2. The number of benzene rings is 2. The Morgan fingerprint density at radius 2 is 1.22 bits per heavy atom. The summed E-state index contributed by atoms with van der Waals surface area (Å²) in [5, 5.41) is 131. The summed E-state index contributed by atoms with van der Waals surface area (Å²) in [5.41, 5.74) is -1.64. The van der Waals surface area contributed by atoms with Gasteiger partial charge in [0.05, 0.1) is 71.5 Å². The van der Waals surface area contributed by atoms with Gasteiger partial charge in [-0.05, 0) is 78.0 Å². The first-order valence-electron chi connectivity index (χ1n) is 25.7. The highest BCUT2D eigenvalue weighted by atomic mass is 16.8. The summed E-state index contributed by atoms with van der Waals surface area (Å²) in [6, 6.07) is 2.96. The molecule has 25 atom stereocenters. The summed E-state index contributed by atoms with van der Waals surface area (Å²) in [5.74, 6) is -4.39. The number of hydrogen-bond donors (Lipinski definition) is 12. The molecule has 1 aliphatic carbocycles. The summed E-state index contributed by atoms with van der Waals surface area (Å²) < 4.78 is 65.5. The molecule has 76 heavy (non-hydrogen) atoms. The van der Waals surface area contributed by atoms with Crippen LogP contribution in [-0.2, 0) is 58.6 Å². The molecule has 0 amide bonds. The van der Waals surface area contributed by atoms with Crippen molar-refractivity contribution in [1.29, 1.82) is 0 Å². The Morgan fingerprint density at radius 3 is 1.80 bits per heavy atom. The van der Waals surface area contributed by atoms with Crippen LogP contribution in [-0.4, -0.2) is 227 Å². The maximum absolute atomic E-state index is 15.0. The lowest BCUT2D eigenvalue weighted by Gasteiger charge is -2.46. The number of phenols is 2. The number of fused-ring (bicyclic) bond motifs is 2. The number of carbonyl (C=O) groups is 2. The van der Waals surface area contributed by atoms with Gasteiger partial charge in [0.1, 0.15) is 66.1 Å². The number of phenolic OH excluding ortho intramolecular Hbond substituents is 2. The Kier molecular flexibility index (Phi) is 18.1. The van der Waals surface area contributed by atoms with Gasteiger partial charge in [0.25, 0.3) is 0 Å². The normalized spacial score (nSPS) is 42.5. The first kappa shape index (κ1) is 58.8. The summed E-state index contributed by atoms with van der Waals surface area (Å²) in [7, 11) is 1.14. The molecule has 6 aliphatic rings. The molecule has 25 nitrogen and oxygen atoms in total. The molecule has 2 aromatic rings. The van der Waals surface area contributed by atoms with Gasteiger partial charge in [0.2, 0.25) is 6.29 Å². The van der Waals surface area contributed by atoms with Crippen molar-refractivity contribution in [2.24, 2.45) is 5.92 Å². The molecule has 12 N–H and O–H groups in total. The van der Waals surface area contributed by atoms with E-state index < -0.39 is 183 Å². The molecule has 25 heteroatoms. The number of methoxy groups -OCH3 is 1. The average molecular weight is 1090 g/mol. The topological polar surface area (TPSA) is 378 Å². The zero-order chi connectivity index (χ0) is 55.6. The van der Waals surface area contributed by atoms with Crippen LogP contribution < -0.4 is 4.74 Å². The molecule has 0 bridgehead atoms. The third-order valence-electron chi connectivity index (χ3n) is 15.6. The Labute approximate surface area is 437 Å². The molecule has 0 spiro atoms. The van der Waals surface area contributed by atoms with Gasteiger partial charge in [0, 0.05) is 50.7 Å². The van der Waals surface area contributed by atoms with Gasteiger partial charge in [-0.2, -0.15) is 0 Å². The fourth-order valence-electron chi connectivity index (χ4n) is 11.1. The monoisotopic (exact) mass is 1090 g/mol. The van der Waals surface area contributed by atoms with Crippen molar-refractivity contribution in [1.82, 2.24) is 0 Å². The van der Waals surface area contributed by atoms with E-state index in [-0.39, 0.29) is 65.3 Å². The van der Waals surface area contributed by atoms with E-state index in [9.17, 15) is 70.9 Å². The average Bonchev–Trinajstić information content (AvgIpc) is 3.38. The number of ether oxygens (including phenoxy) is 11. The fourth-order valence-corrected chi connectivity index (χ4v) is 11.1. The Balaban J connectivity index is 1.04. The van der Waals surface area contributed by atoms with Gasteiger partial charge in [-0.1, -0.05) is 0 Å². The van der Waals surface area contributed by atoms with E-state index in [4.69, 9.17) is 52.1 Å². The molecular formula is C51H74O25. The van der Waals surface area contributed by atoms with Gasteiger partial charge < -0.3 is 113 Å². The standard InChI is InChI=1S/C51H74O25/c1-17-27(71-32-13-28(41(57)20(4)68-32)72-31-12-26(53)40(56)19(3)67-31)11-24-9-23-10-25(47(66-8)46(62)39(55)18(2)52)48(45(61)37(23)44(60)36(24)38(17)54)75-34-15-30(43(59)50(64)76-34)73-33-14-29(42(58)21(5)69-33)74-35-16-51(7,65)49(63)22(6)70-35/h9,11,18-22,25-26,28-35,39-43,47-50,52-60,63-65H,10,12-16H2,1-8H3/t18-,19-,20-,21-,22-,25?,26-,28-,29-,30-,31?,32+,33+,34-,35?,39+,40-,41-,42-,43+,47+,48+,49-,50+,51+/m1/s1. The molecule has 2 aromatic carbocycles. The van der Waals surface area contributed by atoms with E-state index in [2.05, 4.69) is 0 Å². The largest absolute Gasteiger partial charge is 0.507 e. The Bertz CT molecular complexity index is 2360. The van der Waals surface area contributed by atoms with Crippen molar-refractivity contribution in [2.75, 3.05) is 7.11 Å². The third kappa shape index (κ3) is 11.9. The number of hydrogen-bond acceptors (Lipinski definition) is 25. The van der Waals surface area contributed by atoms with Gasteiger partial charge in [-0.3, -0.25) is 9.59 Å². The van der Waals surface area contributed by atoms with Crippen LogP contribution in [0.3, 0.4) is 0 Å². The van der Waals surface area contributed by atoms with Gasteiger partial charge in [0.15, 0.2) is 43.0 Å². The van der Waals surface area contributed by atoms with Crippen LogP contribution in [0, 0.1) is 12.8 Å². The maximum Gasteiger partial charge on any atom is 0.202 e. The summed E-state index contributed by atoms with van der Waals surface area (Å²) in [6.45, 7) is 10.4. The summed E-state index contributed by atoms with van der Waals surface area (Å²) in [6.07, 6.45) is -30.0. The summed E-state index contributed by atoms with van der Waals surface area (Å²) >= 11 is 0. The highest BCUT2D eigenvalue weighted by molar-refractivity contribution is 6.11. The Morgan fingerprint density at radius 1 is 0.697 bits per heavy atom. The highest BCUT2D eigenvalue weighted by Crippen LogP contribution is 2.47. The van der Waals surface area contributed by atoms with Crippen LogP contribution in [0.5, 0.6) is 17.2 Å². The fraction of sp³-hybridized carbons (Fsp3) is 0.765. The van der Waals surface area contributed by atoms with Crippen molar-refractivity contribution >= 4 is 22.3 Å². The van der Waals surface area contributed by atoms with Crippen LogP contribution in [0.25, 0.3) is 10.8 Å². The van der Waals surface area contributed by atoms with E-state index in [1.165, 1.54) is 32.9 Å². The van der Waals surface area contributed by atoms with E-state index in [0.717, 1.165) is 7.11 Å². The highest BCUT2D eigenvalue weighted by Gasteiger charge is 2.52. The van der Waals surface area contributed by atoms with Crippen LogP contribution in [0.1, 0.15) is 95.1 Å². The molecule has 0 aromatic heterocycles.